The standard InChI is InChI=1S/C8H18N4O3/c1-8(2,10-7(13)14)6(11-15-4)12(3)5-9/h10H,5,9H2,1-4H3,(H,13,14). The summed E-state index contributed by atoms with van der Waals surface area (Å²) >= 11 is 0. The molecule has 0 aliphatic heterocycles. The van der Waals surface area contributed by atoms with E-state index in [1.165, 1.54) is 7.11 Å². The molecular formula is C8H18N4O3. The van der Waals surface area contributed by atoms with Crippen molar-refractivity contribution in [3.05, 3.63) is 0 Å². The highest BCUT2D eigenvalue weighted by Crippen LogP contribution is 2.08. The molecule has 0 aliphatic carbocycles. The first-order valence-electron chi connectivity index (χ1n) is 4.39. The topological polar surface area (TPSA) is 100 Å². The van der Waals surface area contributed by atoms with E-state index < -0.39 is 11.6 Å². The smallest absolute Gasteiger partial charge is 0.405 e. The quantitative estimate of drug-likeness (QED) is 0.263. The molecule has 0 aromatic carbocycles. The zero-order valence-corrected chi connectivity index (χ0v) is 9.44. The second-order valence-corrected chi connectivity index (χ2v) is 3.53. The molecule has 0 heterocycles. The van der Waals surface area contributed by atoms with Gasteiger partial charge in [-0.25, -0.2) is 4.79 Å². The Hall–Kier alpha value is -1.50. The predicted molar refractivity (Wildman–Crippen MR) is 56.5 cm³/mol. The third kappa shape index (κ3) is 4.03. The molecule has 0 aliphatic rings. The van der Waals surface area contributed by atoms with Crippen molar-refractivity contribution >= 4 is 11.9 Å². The van der Waals surface area contributed by atoms with Gasteiger partial charge in [-0.05, 0) is 13.8 Å². The highest BCUT2D eigenvalue weighted by Gasteiger charge is 2.30. The minimum atomic E-state index is -1.13. The van der Waals surface area contributed by atoms with Crippen LogP contribution in [0.5, 0.6) is 0 Å². The SMILES string of the molecule is CON=C(N(C)CN)C(C)(C)NC(=O)O. The van der Waals surface area contributed by atoms with Gasteiger partial charge in [0.15, 0.2) is 5.84 Å². The highest BCUT2D eigenvalue weighted by molar-refractivity contribution is 5.92. The second kappa shape index (κ2) is 5.40. The Kier molecular flexibility index (Phi) is 4.86. The van der Waals surface area contributed by atoms with E-state index in [2.05, 4.69) is 15.3 Å². The maximum absolute atomic E-state index is 10.6. The maximum Gasteiger partial charge on any atom is 0.405 e. The average molecular weight is 218 g/mol. The molecule has 4 N–H and O–H groups in total. The minimum Gasteiger partial charge on any atom is -0.465 e. The van der Waals surface area contributed by atoms with Crippen molar-refractivity contribution < 1.29 is 14.7 Å². The van der Waals surface area contributed by atoms with Crippen molar-refractivity contribution in [2.24, 2.45) is 10.9 Å². The van der Waals surface area contributed by atoms with Gasteiger partial charge < -0.3 is 25.9 Å². The lowest BCUT2D eigenvalue weighted by Gasteiger charge is -2.31. The number of carbonyl (C=O) groups is 1. The zero-order chi connectivity index (χ0) is 12.1. The van der Waals surface area contributed by atoms with Crippen molar-refractivity contribution in [3.8, 4) is 0 Å². The van der Waals surface area contributed by atoms with Crippen LogP contribution in [0.2, 0.25) is 0 Å². The molecule has 15 heavy (non-hydrogen) atoms. The summed E-state index contributed by atoms with van der Waals surface area (Å²) in [7, 11) is 3.09. The van der Waals surface area contributed by atoms with Crippen LogP contribution >= 0.6 is 0 Å². The van der Waals surface area contributed by atoms with Crippen molar-refractivity contribution in [1.29, 1.82) is 0 Å². The van der Waals surface area contributed by atoms with Gasteiger partial charge in [0.25, 0.3) is 0 Å². The molecular weight excluding hydrogens is 200 g/mol. The first-order chi connectivity index (χ1) is 6.85. The molecule has 0 rings (SSSR count). The molecule has 88 valence electrons. The van der Waals surface area contributed by atoms with Gasteiger partial charge in [-0.15, -0.1) is 0 Å². The van der Waals surface area contributed by atoms with Crippen LogP contribution < -0.4 is 11.1 Å². The Morgan fingerprint density at radius 2 is 2.20 bits per heavy atom. The largest absolute Gasteiger partial charge is 0.465 e. The monoisotopic (exact) mass is 218 g/mol. The summed E-state index contributed by atoms with van der Waals surface area (Å²) in [6, 6.07) is 0. The number of nitrogens with zero attached hydrogens (tertiary/aromatic N) is 2. The van der Waals surface area contributed by atoms with E-state index in [0.717, 1.165) is 0 Å². The summed E-state index contributed by atoms with van der Waals surface area (Å²) in [5.41, 5.74) is 4.58. The average Bonchev–Trinajstić information content (AvgIpc) is 2.10. The number of rotatable bonds is 4. The van der Waals surface area contributed by atoms with E-state index in [4.69, 9.17) is 10.8 Å². The molecule has 1 amide bonds. The molecule has 0 aromatic heterocycles. The molecule has 0 aromatic rings. The molecule has 0 unspecified atom stereocenters. The van der Waals surface area contributed by atoms with E-state index in [0.29, 0.717) is 5.84 Å². The number of likely N-dealkylation sites (N-methyl/N-ethyl adjacent to an activating group) is 1. The van der Waals surface area contributed by atoms with Gasteiger partial charge in [-0.3, -0.25) is 0 Å². The normalized spacial score (nSPS) is 12.2. The van der Waals surface area contributed by atoms with Crippen LogP contribution in [-0.4, -0.2) is 48.3 Å². The lowest BCUT2D eigenvalue weighted by Crippen LogP contribution is -2.55. The first kappa shape index (κ1) is 13.5. The van der Waals surface area contributed by atoms with Crippen LogP contribution in [0.3, 0.4) is 0 Å². The van der Waals surface area contributed by atoms with Gasteiger partial charge in [0, 0.05) is 7.05 Å². The molecule has 0 fully saturated rings. The fourth-order valence-corrected chi connectivity index (χ4v) is 1.16. The van der Waals surface area contributed by atoms with Crippen LogP contribution in [0.15, 0.2) is 5.16 Å². The van der Waals surface area contributed by atoms with E-state index in [-0.39, 0.29) is 6.67 Å². The van der Waals surface area contributed by atoms with Gasteiger partial charge in [-0.1, -0.05) is 5.16 Å². The Balaban J connectivity index is 4.90. The van der Waals surface area contributed by atoms with Gasteiger partial charge in [0.2, 0.25) is 0 Å². The van der Waals surface area contributed by atoms with Crippen LogP contribution in [0, 0.1) is 0 Å². The van der Waals surface area contributed by atoms with E-state index >= 15 is 0 Å². The van der Waals surface area contributed by atoms with E-state index in [1.807, 2.05) is 0 Å². The number of nitrogens with two attached hydrogens (primary N) is 1. The number of nitrogens with one attached hydrogen (secondary N) is 1. The predicted octanol–water partition coefficient (Wildman–Crippen LogP) is -0.159. The van der Waals surface area contributed by atoms with E-state index in [1.54, 1.807) is 25.8 Å². The molecule has 0 saturated heterocycles. The molecule has 0 bridgehead atoms. The fourth-order valence-electron chi connectivity index (χ4n) is 1.16. The second-order valence-electron chi connectivity index (χ2n) is 3.53. The summed E-state index contributed by atoms with van der Waals surface area (Å²) in [5.74, 6) is 0.412. The summed E-state index contributed by atoms with van der Waals surface area (Å²) in [6.07, 6.45) is -1.13. The number of hydrogen-bond acceptors (Lipinski definition) is 4. The minimum absolute atomic E-state index is 0.215. The lowest BCUT2D eigenvalue weighted by atomic mass is 10.0. The third-order valence-electron chi connectivity index (χ3n) is 1.79. The zero-order valence-electron chi connectivity index (χ0n) is 9.44. The Morgan fingerprint density at radius 1 is 1.67 bits per heavy atom. The van der Waals surface area contributed by atoms with Crippen LogP contribution in [0.1, 0.15) is 13.8 Å². The molecule has 7 nitrogen and oxygen atoms in total. The highest BCUT2D eigenvalue weighted by atomic mass is 16.6. The van der Waals surface area contributed by atoms with Crippen LogP contribution in [0.25, 0.3) is 0 Å². The van der Waals surface area contributed by atoms with Crippen LogP contribution in [-0.2, 0) is 4.84 Å². The molecule has 0 radical (unpaired) electrons. The van der Waals surface area contributed by atoms with Gasteiger partial charge >= 0.3 is 6.09 Å². The van der Waals surface area contributed by atoms with Crippen LogP contribution in [0.4, 0.5) is 4.79 Å². The number of amidine groups is 1. The van der Waals surface area contributed by atoms with Gasteiger partial charge in [0.05, 0.1) is 12.2 Å². The molecule has 7 heteroatoms. The lowest BCUT2D eigenvalue weighted by molar-refractivity contribution is 0.182. The summed E-state index contributed by atoms with van der Waals surface area (Å²) < 4.78 is 0. The Bertz CT molecular complexity index is 252. The third-order valence-corrected chi connectivity index (χ3v) is 1.79. The molecule has 0 atom stereocenters. The van der Waals surface area contributed by atoms with Crippen molar-refractivity contribution in [1.82, 2.24) is 10.2 Å². The molecule has 0 saturated carbocycles. The summed E-state index contributed by atoms with van der Waals surface area (Å²) in [6.45, 7) is 3.56. The maximum atomic E-state index is 10.6. The molecule has 0 spiro atoms. The van der Waals surface area contributed by atoms with Crippen molar-refractivity contribution in [2.45, 2.75) is 19.4 Å². The number of carboxylic acid groups (broad SMARTS) is 1. The number of hydrogen-bond donors (Lipinski definition) is 3. The first-order valence-corrected chi connectivity index (χ1v) is 4.39. The van der Waals surface area contributed by atoms with Gasteiger partial charge in [0.1, 0.15) is 7.11 Å². The fraction of sp³-hybridized carbons (Fsp3) is 0.750. The Labute approximate surface area is 88.9 Å². The van der Waals surface area contributed by atoms with Crippen molar-refractivity contribution in [2.75, 3.05) is 20.8 Å². The number of amides is 1. The number of oxime groups is 1. The van der Waals surface area contributed by atoms with Gasteiger partial charge in [-0.2, -0.15) is 0 Å². The Morgan fingerprint density at radius 3 is 2.53 bits per heavy atom. The van der Waals surface area contributed by atoms with Crippen molar-refractivity contribution in [3.63, 3.8) is 0 Å². The summed E-state index contributed by atoms with van der Waals surface area (Å²) in [5, 5.41) is 14.7. The summed E-state index contributed by atoms with van der Waals surface area (Å²) in [4.78, 5) is 16.8. The van der Waals surface area contributed by atoms with E-state index in [9.17, 15) is 4.79 Å².